The highest BCUT2D eigenvalue weighted by Crippen LogP contribution is 2.26. The number of nitrogens with one attached hydrogen (secondary N) is 1. The van der Waals surface area contributed by atoms with E-state index >= 15 is 0 Å². The van der Waals surface area contributed by atoms with Crippen molar-refractivity contribution in [3.63, 3.8) is 0 Å². The lowest BCUT2D eigenvalue weighted by Crippen LogP contribution is -2.36. The van der Waals surface area contributed by atoms with E-state index in [1.165, 1.54) is 55.7 Å². The number of aryl methyl sites for hydroxylation is 1. The fourth-order valence-electron chi connectivity index (χ4n) is 3.34. The number of aromatic nitrogens is 2. The molecule has 1 unspecified atom stereocenters. The molecule has 0 spiro atoms. The summed E-state index contributed by atoms with van der Waals surface area (Å²) in [4.78, 5) is 11.4. The summed E-state index contributed by atoms with van der Waals surface area (Å²) in [5.41, 5.74) is 2.69. The van der Waals surface area contributed by atoms with Crippen LogP contribution in [-0.2, 0) is 12.8 Å². The van der Waals surface area contributed by atoms with E-state index in [1.54, 1.807) is 6.33 Å². The van der Waals surface area contributed by atoms with Crippen LogP contribution in [0, 0.1) is 0 Å². The molecule has 1 aliphatic carbocycles. The minimum atomic E-state index is 0.626. The number of anilines is 1. The van der Waals surface area contributed by atoms with Gasteiger partial charge in [0.2, 0.25) is 0 Å². The molecule has 1 atom stereocenters. The SMILES string of the molecule is CN(CC1CCCN1)c1ncnc2c1CCCCC2. The highest BCUT2D eigenvalue weighted by atomic mass is 15.2. The molecule has 1 N–H and O–H groups in total. The standard InChI is InChI=1S/C15H24N4/c1-19(10-12-6-5-9-16-12)15-13-7-3-2-4-8-14(13)17-11-18-15/h11-12,16H,2-10H2,1H3. The molecule has 0 saturated carbocycles. The van der Waals surface area contributed by atoms with Gasteiger partial charge < -0.3 is 10.2 Å². The molecule has 0 radical (unpaired) electrons. The minimum absolute atomic E-state index is 0.626. The number of rotatable bonds is 3. The van der Waals surface area contributed by atoms with Gasteiger partial charge in [0.15, 0.2) is 0 Å². The van der Waals surface area contributed by atoms with Gasteiger partial charge in [-0.15, -0.1) is 0 Å². The summed E-state index contributed by atoms with van der Waals surface area (Å²) in [6.07, 6.45) is 10.5. The first-order chi connectivity index (χ1) is 9.34. The van der Waals surface area contributed by atoms with Gasteiger partial charge in [0.1, 0.15) is 12.1 Å². The molecule has 0 amide bonds. The summed E-state index contributed by atoms with van der Waals surface area (Å²) in [5, 5.41) is 3.56. The second-order valence-corrected chi connectivity index (χ2v) is 5.86. The Morgan fingerprint density at radius 1 is 1.21 bits per heavy atom. The lowest BCUT2D eigenvalue weighted by Gasteiger charge is -2.25. The van der Waals surface area contributed by atoms with E-state index in [9.17, 15) is 0 Å². The Bertz CT molecular complexity index is 426. The Morgan fingerprint density at radius 2 is 2.11 bits per heavy atom. The Labute approximate surface area is 115 Å². The third-order valence-corrected chi connectivity index (χ3v) is 4.37. The van der Waals surface area contributed by atoms with Crippen molar-refractivity contribution >= 4 is 5.82 Å². The van der Waals surface area contributed by atoms with Gasteiger partial charge in [-0.25, -0.2) is 9.97 Å². The molecule has 3 rings (SSSR count). The normalized spacial score (nSPS) is 22.9. The van der Waals surface area contributed by atoms with Crippen molar-refractivity contribution in [2.45, 2.75) is 51.0 Å². The predicted octanol–water partition coefficient (Wildman–Crippen LogP) is 1.93. The van der Waals surface area contributed by atoms with E-state index in [2.05, 4.69) is 27.2 Å². The maximum Gasteiger partial charge on any atom is 0.135 e. The Morgan fingerprint density at radius 3 is 2.95 bits per heavy atom. The summed E-state index contributed by atoms with van der Waals surface area (Å²) in [7, 11) is 2.17. The molecule has 1 saturated heterocycles. The van der Waals surface area contributed by atoms with Gasteiger partial charge in [0, 0.05) is 30.9 Å². The molecule has 2 heterocycles. The van der Waals surface area contributed by atoms with E-state index in [1.807, 2.05) is 0 Å². The molecule has 2 aliphatic rings. The molecule has 1 aromatic rings. The molecule has 4 heteroatoms. The zero-order chi connectivity index (χ0) is 13.1. The van der Waals surface area contributed by atoms with Crippen molar-refractivity contribution in [1.29, 1.82) is 0 Å². The van der Waals surface area contributed by atoms with Gasteiger partial charge in [-0.2, -0.15) is 0 Å². The quantitative estimate of drug-likeness (QED) is 0.843. The van der Waals surface area contributed by atoms with Crippen molar-refractivity contribution in [3.05, 3.63) is 17.6 Å². The largest absolute Gasteiger partial charge is 0.358 e. The molecular weight excluding hydrogens is 236 g/mol. The maximum absolute atomic E-state index is 4.56. The summed E-state index contributed by atoms with van der Waals surface area (Å²) in [5.74, 6) is 1.17. The Balaban J connectivity index is 1.79. The second-order valence-electron chi connectivity index (χ2n) is 5.86. The molecular formula is C15H24N4. The van der Waals surface area contributed by atoms with Gasteiger partial charge in [0.05, 0.1) is 0 Å². The van der Waals surface area contributed by atoms with Gasteiger partial charge >= 0.3 is 0 Å². The molecule has 104 valence electrons. The van der Waals surface area contributed by atoms with Gasteiger partial charge in [-0.3, -0.25) is 0 Å². The molecule has 0 aromatic carbocycles. The monoisotopic (exact) mass is 260 g/mol. The van der Waals surface area contributed by atoms with Gasteiger partial charge in [-0.1, -0.05) is 6.42 Å². The maximum atomic E-state index is 4.56. The lowest BCUT2D eigenvalue weighted by molar-refractivity contribution is 0.595. The van der Waals surface area contributed by atoms with Crippen LogP contribution in [0.3, 0.4) is 0 Å². The summed E-state index contributed by atoms with van der Waals surface area (Å²) >= 11 is 0. The van der Waals surface area contributed by atoms with Crippen LogP contribution in [-0.4, -0.2) is 36.1 Å². The van der Waals surface area contributed by atoms with Gasteiger partial charge in [0.25, 0.3) is 0 Å². The number of likely N-dealkylation sites (N-methyl/N-ethyl adjacent to an activating group) is 1. The predicted molar refractivity (Wildman–Crippen MR) is 77.6 cm³/mol. The Kier molecular flexibility index (Phi) is 3.97. The smallest absolute Gasteiger partial charge is 0.135 e. The Hall–Kier alpha value is -1.16. The van der Waals surface area contributed by atoms with E-state index in [0.717, 1.165) is 19.4 Å². The molecule has 1 aliphatic heterocycles. The summed E-state index contributed by atoms with van der Waals surface area (Å²) < 4.78 is 0. The number of fused-ring (bicyclic) bond motifs is 1. The van der Waals surface area contributed by atoms with E-state index in [0.29, 0.717) is 6.04 Å². The summed E-state index contributed by atoms with van der Waals surface area (Å²) in [6.45, 7) is 2.23. The highest BCUT2D eigenvalue weighted by molar-refractivity contribution is 5.48. The van der Waals surface area contributed by atoms with Crippen LogP contribution in [0.4, 0.5) is 5.82 Å². The molecule has 19 heavy (non-hydrogen) atoms. The fourth-order valence-corrected chi connectivity index (χ4v) is 3.34. The van der Waals surface area contributed by atoms with Crippen LogP contribution in [0.2, 0.25) is 0 Å². The van der Waals surface area contributed by atoms with E-state index < -0.39 is 0 Å². The highest BCUT2D eigenvalue weighted by Gasteiger charge is 2.20. The average molecular weight is 260 g/mol. The topological polar surface area (TPSA) is 41.0 Å². The van der Waals surface area contributed by atoms with Gasteiger partial charge in [-0.05, 0) is 45.1 Å². The number of nitrogens with zero attached hydrogens (tertiary/aromatic N) is 3. The zero-order valence-corrected chi connectivity index (χ0v) is 11.9. The van der Waals surface area contributed by atoms with Crippen molar-refractivity contribution in [3.8, 4) is 0 Å². The van der Waals surface area contributed by atoms with Crippen molar-refractivity contribution in [2.75, 3.05) is 25.0 Å². The van der Waals surface area contributed by atoms with E-state index in [4.69, 9.17) is 0 Å². The minimum Gasteiger partial charge on any atom is -0.358 e. The first kappa shape index (κ1) is 12.9. The lowest BCUT2D eigenvalue weighted by atomic mass is 10.1. The third kappa shape index (κ3) is 2.89. The molecule has 4 nitrogen and oxygen atoms in total. The van der Waals surface area contributed by atoms with Crippen molar-refractivity contribution < 1.29 is 0 Å². The molecule has 1 fully saturated rings. The molecule has 1 aromatic heterocycles. The number of hydrogen-bond acceptors (Lipinski definition) is 4. The van der Waals surface area contributed by atoms with Crippen LogP contribution in [0.15, 0.2) is 6.33 Å². The first-order valence-electron chi connectivity index (χ1n) is 7.62. The van der Waals surface area contributed by atoms with Crippen LogP contribution in [0.25, 0.3) is 0 Å². The number of hydrogen-bond donors (Lipinski definition) is 1. The fraction of sp³-hybridized carbons (Fsp3) is 0.733. The van der Waals surface area contributed by atoms with Crippen LogP contribution in [0.5, 0.6) is 0 Å². The van der Waals surface area contributed by atoms with Crippen LogP contribution >= 0.6 is 0 Å². The van der Waals surface area contributed by atoms with E-state index in [-0.39, 0.29) is 0 Å². The average Bonchev–Trinajstić information content (AvgIpc) is 2.80. The van der Waals surface area contributed by atoms with Crippen LogP contribution < -0.4 is 10.2 Å². The van der Waals surface area contributed by atoms with Crippen LogP contribution in [0.1, 0.15) is 43.4 Å². The van der Waals surface area contributed by atoms with Crippen molar-refractivity contribution in [1.82, 2.24) is 15.3 Å². The van der Waals surface area contributed by atoms with Crippen molar-refractivity contribution in [2.24, 2.45) is 0 Å². The third-order valence-electron chi connectivity index (χ3n) is 4.37. The summed E-state index contributed by atoms with van der Waals surface area (Å²) in [6, 6.07) is 0.626. The second kappa shape index (κ2) is 5.87. The first-order valence-corrected chi connectivity index (χ1v) is 7.62. The zero-order valence-electron chi connectivity index (χ0n) is 11.9. The molecule has 0 bridgehead atoms.